The van der Waals surface area contributed by atoms with E-state index < -0.39 is 0 Å². The summed E-state index contributed by atoms with van der Waals surface area (Å²) >= 11 is 1.69. The number of carbonyl (C=O) groups is 1. The van der Waals surface area contributed by atoms with Crippen molar-refractivity contribution in [2.45, 2.75) is 44.9 Å². The largest absolute Gasteiger partial charge is 0.353 e. The highest BCUT2D eigenvalue weighted by Gasteiger charge is 2.10. The molecule has 0 fully saturated rings. The Balaban J connectivity index is 2.30. The number of rotatable bonds is 7. The molecule has 18 heavy (non-hydrogen) atoms. The second-order valence-corrected chi connectivity index (χ2v) is 5.95. The van der Waals surface area contributed by atoms with E-state index in [9.17, 15) is 4.79 Å². The van der Waals surface area contributed by atoms with Gasteiger partial charge >= 0.3 is 0 Å². The Bertz CT molecular complexity index is 353. The van der Waals surface area contributed by atoms with Crippen LogP contribution in [0.15, 0.2) is 30.3 Å². The Morgan fingerprint density at radius 3 is 2.56 bits per heavy atom. The van der Waals surface area contributed by atoms with Gasteiger partial charge < -0.3 is 5.32 Å². The molecule has 3 heteroatoms. The average molecular weight is 265 g/mol. The minimum absolute atomic E-state index is 0.142. The molecule has 0 aliphatic heterocycles. The molecule has 1 amide bonds. The van der Waals surface area contributed by atoms with Crippen LogP contribution in [0.1, 0.15) is 44.4 Å². The monoisotopic (exact) mass is 265 g/mol. The van der Waals surface area contributed by atoms with E-state index in [1.54, 1.807) is 11.8 Å². The highest BCUT2D eigenvalue weighted by molar-refractivity contribution is 8.00. The molecule has 0 unspecified atom stereocenters. The van der Waals surface area contributed by atoms with E-state index in [0.29, 0.717) is 11.0 Å². The third-order valence-corrected chi connectivity index (χ3v) is 4.06. The molecule has 0 aliphatic carbocycles. The van der Waals surface area contributed by atoms with Crippen molar-refractivity contribution in [3.05, 3.63) is 35.9 Å². The summed E-state index contributed by atoms with van der Waals surface area (Å²) < 4.78 is 0. The van der Waals surface area contributed by atoms with Gasteiger partial charge in [0.15, 0.2) is 0 Å². The van der Waals surface area contributed by atoms with Crippen molar-refractivity contribution in [1.29, 1.82) is 0 Å². The van der Waals surface area contributed by atoms with Gasteiger partial charge in [0.05, 0.1) is 5.75 Å². The van der Waals surface area contributed by atoms with Crippen LogP contribution in [0.2, 0.25) is 0 Å². The summed E-state index contributed by atoms with van der Waals surface area (Å²) in [5.41, 5.74) is 1.27. The summed E-state index contributed by atoms with van der Waals surface area (Å²) in [6, 6.07) is 10.6. The third-order valence-electron chi connectivity index (χ3n) is 2.86. The van der Waals surface area contributed by atoms with Gasteiger partial charge in [0, 0.05) is 11.3 Å². The van der Waals surface area contributed by atoms with Crippen LogP contribution in [0, 0.1) is 0 Å². The summed E-state index contributed by atoms with van der Waals surface area (Å²) in [5.74, 6) is 0.674. The van der Waals surface area contributed by atoms with Crippen molar-refractivity contribution in [1.82, 2.24) is 5.32 Å². The first-order chi connectivity index (χ1) is 8.63. The molecule has 0 aromatic heterocycles. The number of nitrogens with one attached hydrogen (secondary N) is 1. The zero-order chi connectivity index (χ0) is 13.4. The van der Waals surface area contributed by atoms with Gasteiger partial charge in [-0.05, 0) is 25.8 Å². The van der Waals surface area contributed by atoms with E-state index in [0.717, 1.165) is 12.8 Å². The van der Waals surface area contributed by atoms with Gasteiger partial charge in [-0.1, -0.05) is 43.7 Å². The highest BCUT2D eigenvalue weighted by Crippen LogP contribution is 2.27. The van der Waals surface area contributed by atoms with Gasteiger partial charge in [-0.25, -0.2) is 0 Å². The highest BCUT2D eigenvalue weighted by atomic mass is 32.2. The molecule has 0 saturated carbocycles. The number of amides is 1. The van der Waals surface area contributed by atoms with Crippen LogP contribution >= 0.6 is 11.8 Å². The Morgan fingerprint density at radius 1 is 1.28 bits per heavy atom. The molecule has 0 saturated heterocycles. The van der Waals surface area contributed by atoms with Gasteiger partial charge in [-0.15, -0.1) is 11.8 Å². The van der Waals surface area contributed by atoms with Gasteiger partial charge in [-0.3, -0.25) is 4.79 Å². The first kappa shape index (κ1) is 15.1. The fraction of sp³-hybridized carbons (Fsp3) is 0.533. The molecule has 1 aromatic carbocycles. The van der Waals surface area contributed by atoms with Crippen molar-refractivity contribution in [2.24, 2.45) is 0 Å². The van der Waals surface area contributed by atoms with E-state index >= 15 is 0 Å². The Hall–Kier alpha value is -0.960. The van der Waals surface area contributed by atoms with Crippen LogP contribution in [0.25, 0.3) is 0 Å². The van der Waals surface area contributed by atoms with Crippen molar-refractivity contribution >= 4 is 17.7 Å². The topological polar surface area (TPSA) is 29.1 Å². The Kier molecular flexibility index (Phi) is 6.88. The molecule has 100 valence electrons. The fourth-order valence-corrected chi connectivity index (χ4v) is 2.68. The van der Waals surface area contributed by atoms with E-state index in [1.807, 2.05) is 18.2 Å². The first-order valence-electron chi connectivity index (χ1n) is 6.59. The number of thioether (sulfide) groups is 1. The lowest BCUT2D eigenvalue weighted by molar-refractivity contribution is -0.119. The molecular weight excluding hydrogens is 242 g/mol. The minimum Gasteiger partial charge on any atom is -0.353 e. The molecule has 0 bridgehead atoms. The van der Waals surface area contributed by atoms with Crippen molar-refractivity contribution in [3.8, 4) is 0 Å². The molecule has 1 rings (SSSR count). The Morgan fingerprint density at radius 2 is 1.94 bits per heavy atom. The lowest BCUT2D eigenvalue weighted by atomic mass is 10.2. The third kappa shape index (κ3) is 5.58. The molecule has 1 aromatic rings. The van der Waals surface area contributed by atoms with E-state index in [-0.39, 0.29) is 11.9 Å². The standard InChI is InChI=1S/C15H23NOS/c1-4-8-12(2)16-15(17)11-18-13(3)14-9-6-5-7-10-14/h5-7,9-10,12-13H,4,8,11H2,1-3H3,(H,16,17)/t12-,13+/m1/s1. The molecule has 0 heterocycles. The predicted molar refractivity (Wildman–Crippen MR) is 79.8 cm³/mol. The normalized spacial score (nSPS) is 13.9. The van der Waals surface area contributed by atoms with E-state index in [1.165, 1.54) is 5.56 Å². The van der Waals surface area contributed by atoms with Crippen LogP contribution in [-0.4, -0.2) is 17.7 Å². The fourth-order valence-electron chi connectivity index (χ4n) is 1.84. The zero-order valence-corrected chi connectivity index (χ0v) is 12.3. The second kappa shape index (κ2) is 8.20. The van der Waals surface area contributed by atoms with Crippen LogP contribution in [-0.2, 0) is 4.79 Å². The Labute approximate surface area is 115 Å². The molecule has 2 nitrogen and oxygen atoms in total. The molecule has 1 N–H and O–H groups in total. The maximum atomic E-state index is 11.7. The molecule has 2 atom stereocenters. The second-order valence-electron chi connectivity index (χ2n) is 4.62. The predicted octanol–water partition coefficient (Wildman–Crippen LogP) is 3.79. The maximum Gasteiger partial charge on any atom is 0.230 e. The number of benzene rings is 1. The van der Waals surface area contributed by atoms with Crippen LogP contribution in [0.4, 0.5) is 0 Å². The van der Waals surface area contributed by atoms with Crippen molar-refractivity contribution < 1.29 is 4.79 Å². The molecular formula is C15H23NOS. The first-order valence-corrected chi connectivity index (χ1v) is 7.64. The van der Waals surface area contributed by atoms with E-state index in [2.05, 4.69) is 38.2 Å². The lowest BCUT2D eigenvalue weighted by Crippen LogP contribution is -2.33. The van der Waals surface area contributed by atoms with Crippen molar-refractivity contribution in [2.75, 3.05) is 5.75 Å². The molecule has 0 aliphatic rings. The van der Waals surface area contributed by atoms with Crippen LogP contribution in [0.3, 0.4) is 0 Å². The number of hydrogen-bond acceptors (Lipinski definition) is 2. The van der Waals surface area contributed by atoms with Crippen LogP contribution in [0.5, 0.6) is 0 Å². The molecule has 0 radical (unpaired) electrons. The van der Waals surface area contributed by atoms with Gasteiger partial charge in [0.2, 0.25) is 5.91 Å². The summed E-state index contributed by atoms with van der Waals surface area (Å²) in [5, 5.41) is 3.39. The smallest absolute Gasteiger partial charge is 0.230 e. The van der Waals surface area contributed by atoms with Crippen molar-refractivity contribution in [3.63, 3.8) is 0 Å². The summed E-state index contributed by atoms with van der Waals surface area (Å²) in [6.45, 7) is 6.34. The van der Waals surface area contributed by atoms with Gasteiger partial charge in [-0.2, -0.15) is 0 Å². The lowest BCUT2D eigenvalue weighted by Gasteiger charge is -2.14. The van der Waals surface area contributed by atoms with E-state index in [4.69, 9.17) is 0 Å². The maximum absolute atomic E-state index is 11.7. The summed E-state index contributed by atoms with van der Waals surface area (Å²) in [4.78, 5) is 11.7. The van der Waals surface area contributed by atoms with Gasteiger partial charge in [0.1, 0.15) is 0 Å². The average Bonchev–Trinajstić information content (AvgIpc) is 2.37. The summed E-state index contributed by atoms with van der Waals surface area (Å²) in [7, 11) is 0. The SMILES string of the molecule is CCC[C@@H](C)NC(=O)CS[C@@H](C)c1ccccc1. The zero-order valence-electron chi connectivity index (χ0n) is 11.5. The quantitative estimate of drug-likeness (QED) is 0.812. The number of hydrogen-bond donors (Lipinski definition) is 1. The number of carbonyl (C=O) groups excluding carboxylic acids is 1. The molecule has 0 spiro atoms. The van der Waals surface area contributed by atoms with Gasteiger partial charge in [0.25, 0.3) is 0 Å². The summed E-state index contributed by atoms with van der Waals surface area (Å²) in [6.07, 6.45) is 2.15. The minimum atomic E-state index is 0.142. The van der Waals surface area contributed by atoms with Crippen LogP contribution < -0.4 is 5.32 Å².